The molecule has 2 aromatic rings. The number of halogens is 5. The largest absolute Gasteiger partial charge is 0.417 e. The molecule has 0 unspecified atom stereocenters. The maximum Gasteiger partial charge on any atom is 0.417 e. The van der Waals surface area contributed by atoms with Gasteiger partial charge >= 0.3 is 6.18 Å². The number of benzene rings is 1. The minimum atomic E-state index is -4.51. The Morgan fingerprint density at radius 2 is 1.72 bits per heavy atom. The first kappa shape index (κ1) is 24.1. The molecule has 0 saturated carbocycles. The summed E-state index contributed by atoms with van der Waals surface area (Å²) in [6.07, 6.45) is -2.72. The minimum Gasteiger partial charge on any atom is -0.355 e. The summed E-state index contributed by atoms with van der Waals surface area (Å²) < 4.78 is 38.3. The molecule has 0 radical (unpaired) electrons. The zero-order valence-corrected chi connectivity index (χ0v) is 18.4. The SMILES string of the molecule is O=C(NCCNC(=O)C1CCN(c2ncc(C(F)(F)F)cc2Cl)CC1)c1ccccc1Cl. The Hall–Kier alpha value is -2.52. The van der Waals surface area contributed by atoms with Gasteiger partial charge in [0.1, 0.15) is 5.82 Å². The van der Waals surface area contributed by atoms with Gasteiger partial charge in [0.25, 0.3) is 5.91 Å². The van der Waals surface area contributed by atoms with E-state index in [-0.39, 0.29) is 41.7 Å². The third-order valence-electron chi connectivity index (χ3n) is 5.14. The Kier molecular flexibility index (Phi) is 7.84. The molecule has 2 heterocycles. The third-order valence-corrected chi connectivity index (χ3v) is 5.75. The summed E-state index contributed by atoms with van der Waals surface area (Å²) in [5.41, 5.74) is -0.537. The van der Waals surface area contributed by atoms with Crippen molar-refractivity contribution in [2.75, 3.05) is 31.1 Å². The van der Waals surface area contributed by atoms with Gasteiger partial charge in [-0.1, -0.05) is 35.3 Å². The summed E-state index contributed by atoms with van der Waals surface area (Å²) >= 11 is 12.0. The fourth-order valence-electron chi connectivity index (χ4n) is 3.42. The van der Waals surface area contributed by atoms with E-state index in [9.17, 15) is 22.8 Å². The van der Waals surface area contributed by atoms with Crippen molar-refractivity contribution < 1.29 is 22.8 Å². The van der Waals surface area contributed by atoms with Crippen molar-refractivity contribution in [3.05, 3.63) is 57.7 Å². The standard InChI is InChI=1S/C21H21Cl2F3N4O2/c22-16-4-2-1-3-15(16)20(32)28-8-7-27-19(31)13-5-9-30(10-6-13)18-17(23)11-14(12-29-18)21(24,25)26/h1-4,11-13H,5-10H2,(H,27,31)(H,28,32). The Bertz CT molecular complexity index is 980. The number of anilines is 1. The minimum absolute atomic E-state index is 0.0722. The zero-order valence-electron chi connectivity index (χ0n) is 16.9. The molecule has 0 bridgehead atoms. The second kappa shape index (κ2) is 10.4. The van der Waals surface area contributed by atoms with Crippen LogP contribution < -0.4 is 15.5 Å². The average molecular weight is 489 g/mol. The Labute approximate surface area is 193 Å². The van der Waals surface area contributed by atoms with E-state index in [4.69, 9.17) is 23.2 Å². The van der Waals surface area contributed by atoms with Gasteiger partial charge in [0.15, 0.2) is 0 Å². The summed E-state index contributed by atoms with van der Waals surface area (Å²) in [7, 11) is 0. The van der Waals surface area contributed by atoms with E-state index >= 15 is 0 Å². The van der Waals surface area contributed by atoms with Crippen LogP contribution >= 0.6 is 23.2 Å². The maximum atomic E-state index is 12.8. The summed E-state index contributed by atoms with van der Waals surface area (Å²) in [6.45, 7) is 1.40. The molecular weight excluding hydrogens is 468 g/mol. The summed E-state index contributed by atoms with van der Waals surface area (Å²) in [6, 6.07) is 7.54. The number of nitrogens with one attached hydrogen (secondary N) is 2. The first-order valence-corrected chi connectivity index (χ1v) is 10.7. The van der Waals surface area contributed by atoms with Crippen molar-refractivity contribution in [2.24, 2.45) is 5.92 Å². The van der Waals surface area contributed by atoms with Gasteiger partial charge in [-0.05, 0) is 31.0 Å². The number of carbonyl (C=O) groups excluding carboxylic acids is 2. The molecule has 1 fully saturated rings. The van der Waals surface area contributed by atoms with E-state index in [1.54, 1.807) is 29.2 Å². The highest BCUT2D eigenvalue weighted by Crippen LogP contribution is 2.34. The van der Waals surface area contributed by atoms with E-state index in [0.717, 1.165) is 12.3 Å². The highest BCUT2D eigenvalue weighted by atomic mass is 35.5. The van der Waals surface area contributed by atoms with Crippen molar-refractivity contribution in [3.63, 3.8) is 0 Å². The van der Waals surface area contributed by atoms with E-state index in [1.807, 2.05) is 0 Å². The molecule has 0 spiro atoms. The molecule has 1 aromatic carbocycles. The number of amides is 2. The highest BCUT2D eigenvalue weighted by molar-refractivity contribution is 6.34. The second-order valence-electron chi connectivity index (χ2n) is 7.32. The molecule has 2 amide bonds. The Morgan fingerprint density at radius 3 is 2.34 bits per heavy atom. The molecule has 2 N–H and O–H groups in total. The summed E-state index contributed by atoms with van der Waals surface area (Å²) in [5, 5.41) is 5.77. The van der Waals surface area contributed by atoms with Gasteiger partial charge in [-0.2, -0.15) is 13.2 Å². The lowest BCUT2D eigenvalue weighted by Crippen LogP contribution is -2.43. The predicted octanol–water partition coefficient (Wildman–Crippen LogP) is 4.17. The topological polar surface area (TPSA) is 74.3 Å². The normalized spacial score (nSPS) is 14.8. The van der Waals surface area contributed by atoms with Crippen LogP contribution in [0.15, 0.2) is 36.5 Å². The molecule has 3 rings (SSSR count). The van der Waals surface area contributed by atoms with E-state index in [2.05, 4.69) is 15.6 Å². The Balaban J connectivity index is 1.43. The van der Waals surface area contributed by atoms with Crippen molar-refractivity contribution in [3.8, 4) is 0 Å². The van der Waals surface area contributed by atoms with Crippen LogP contribution in [0, 0.1) is 5.92 Å². The molecule has 1 aliphatic rings. The van der Waals surface area contributed by atoms with Gasteiger partial charge in [0.2, 0.25) is 5.91 Å². The molecule has 0 aliphatic carbocycles. The van der Waals surface area contributed by atoms with Crippen LogP contribution in [-0.2, 0) is 11.0 Å². The summed E-state index contributed by atoms with van der Waals surface area (Å²) in [4.78, 5) is 30.1. The van der Waals surface area contributed by atoms with Gasteiger partial charge < -0.3 is 15.5 Å². The van der Waals surface area contributed by atoms with Gasteiger partial charge in [-0.3, -0.25) is 9.59 Å². The lowest BCUT2D eigenvalue weighted by Gasteiger charge is -2.32. The zero-order chi connectivity index (χ0) is 23.3. The van der Waals surface area contributed by atoms with Crippen LogP contribution in [0.4, 0.5) is 19.0 Å². The van der Waals surface area contributed by atoms with Crippen molar-refractivity contribution >= 4 is 40.8 Å². The number of carbonyl (C=O) groups is 2. The summed E-state index contributed by atoms with van der Waals surface area (Å²) in [5.74, 6) is -0.415. The van der Waals surface area contributed by atoms with Crippen LogP contribution in [0.25, 0.3) is 0 Å². The number of pyridine rings is 1. The molecule has 32 heavy (non-hydrogen) atoms. The number of hydrogen-bond donors (Lipinski definition) is 2. The predicted molar refractivity (Wildman–Crippen MR) is 116 cm³/mol. The lowest BCUT2D eigenvalue weighted by molar-refractivity contribution is -0.137. The number of aromatic nitrogens is 1. The highest BCUT2D eigenvalue weighted by Gasteiger charge is 2.33. The monoisotopic (exact) mass is 488 g/mol. The number of piperidine rings is 1. The van der Waals surface area contributed by atoms with Gasteiger partial charge in [0.05, 0.1) is 21.2 Å². The first-order chi connectivity index (χ1) is 15.2. The first-order valence-electron chi connectivity index (χ1n) is 9.95. The van der Waals surface area contributed by atoms with Crippen molar-refractivity contribution in [1.29, 1.82) is 0 Å². The molecular formula is C21H21Cl2F3N4O2. The molecule has 1 saturated heterocycles. The second-order valence-corrected chi connectivity index (χ2v) is 8.13. The lowest BCUT2D eigenvalue weighted by atomic mass is 9.96. The van der Waals surface area contributed by atoms with Crippen LogP contribution in [0.1, 0.15) is 28.8 Å². The maximum absolute atomic E-state index is 12.8. The number of rotatable bonds is 6. The van der Waals surface area contributed by atoms with E-state index in [0.29, 0.717) is 36.5 Å². The molecule has 1 aliphatic heterocycles. The third kappa shape index (κ3) is 6.04. The molecule has 0 atom stereocenters. The van der Waals surface area contributed by atoms with E-state index in [1.165, 1.54) is 0 Å². The number of alkyl halides is 3. The van der Waals surface area contributed by atoms with Crippen LogP contribution in [0.2, 0.25) is 10.0 Å². The Morgan fingerprint density at radius 1 is 1.06 bits per heavy atom. The van der Waals surface area contributed by atoms with Crippen LogP contribution in [-0.4, -0.2) is 43.0 Å². The molecule has 1 aromatic heterocycles. The van der Waals surface area contributed by atoms with Crippen LogP contribution in [0.3, 0.4) is 0 Å². The quantitative estimate of drug-likeness (QED) is 0.598. The van der Waals surface area contributed by atoms with Crippen molar-refractivity contribution in [2.45, 2.75) is 19.0 Å². The number of hydrogen-bond acceptors (Lipinski definition) is 4. The number of nitrogens with zero attached hydrogens (tertiary/aromatic N) is 2. The average Bonchev–Trinajstić information content (AvgIpc) is 2.76. The molecule has 6 nitrogen and oxygen atoms in total. The molecule has 11 heteroatoms. The smallest absolute Gasteiger partial charge is 0.355 e. The van der Waals surface area contributed by atoms with Gasteiger partial charge in [-0.15, -0.1) is 0 Å². The van der Waals surface area contributed by atoms with Crippen LogP contribution in [0.5, 0.6) is 0 Å². The van der Waals surface area contributed by atoms with Gasteiger partial charge in [-0.25, -0.2) is 4.98 Å². The fourth-order valence-corrected chi connectivity index (χ4v) is 3.93. The van der Waals surface area contributed by atoms with Gasteiger partial charge in [0, 0.05) is 38.3 Å². The van der Waals surface area contributed by atoms with Crippen molar-refractivity contribution in [1.82, 2.24) is 15.6 Å². The molecule has 172 valence electrons. The fraction of sp³-hybridized carbons (Fsp3) is 0.381. The van der Waals surface area contributed by atoms with E-state index < -0.39 is 11.7 Å².